The number of carbonyl (C=O) groups is 3. The number of hydrogen-bond acceptors (Lipinski definition) is 6. The fourth-order valence-corrected chi connectivity index (χ4v) is 9.74. The number of rotatable bonds is 59. The van der Waals surface area contributed by atoms with Crippen molar-refractivity contribution >= 4 is 17.9 Å². The lowest BCUT2D eigenvalue weighted by atomic mass is 10.0. The van der Waals surface area contributed by atoms with Crippen molar-refractivity contribution in [2.75, 3.05) is 13.2 Å². The van der Waals surface area contributed by atoms with Crippen LogP contribution in [-0.4, -0.2) is 37.2 Å². The minimum absolute atomic E-state index is 0.0643. The Hall–Kier alpha value is -1.85. The third-order valence-corrected chi connectivity index (χ3v) is 14.5. The van der Waals surface area contributed by atoms with E-state index < -0.39 is 6.10 Å². The van der Waals surface area contributed by atoms with E-state index in [1.165, 1.54) is 263 Å². The molecule has 0 rings (SSSR count). The SMILES string of the molecule is CCCCCCCC/C=C\CCCCCCCCCCCC(=O)OC(COC(=O)CCCCCCCCCCCCCC)COC(=O)CCCCCCCCCCCCCCCCCCCCCCC. The molecule has 0 aliphatic heterocycles. The minimum atomic E-state index is -0.766. The van der Waals surface area contributed by atoms with Crippen molar-refractivity contribution in [1.29, 1.82) is 0 Å². The summed E-state index contributed by atoms with van der Waals surface area (Å²) in [5.74, 6) is -0.838. The van der Waals surface area contributed by atoms with Gasteiger partial charge in [0.25, 0.3) is 0 Å². The van der Waals surface area contributed by atoms with Crippen LogP contribution in [-0.2, 0) is 28.6 Å². The molecular weight excluding hydrogens is 865 g/mol. The Kier molecular flexibility index (Phi) is 58.1. The van der Waals surface area contributed by atoms with Gasteiger partial charge >= 0.3 is 17.9 Å². The first-order valence-corrected chi connectivity index (χ1v) is 31.7. The van der Waals surface area contributed by atoms with E-state index in [0.717, 1.165) is 57.8 Å². The van der Waals surface area contributed by atoms with E-state index in [0.29, 0.717) is 19.3 Å². The molecule has 0 bridgehead atoms. The van der Waals surface area contributed by atoms with Gasteiger partial charge in [-0.1, -0.05) is 309 Å². The summed E-state index contributed by atoms with van der Waals surface area (Å²) in [6.45, 7) is 6.70. The Labute approximate surface area is 437 Å². The molecule has 0 amide bonds. The quantitative estimate of drug-likeness (QED) is 0.0261. The Morgan fingerprint density at radius 1 is 0.271 bits per heavy atom. The maximum atomic E-state index is 12.9. The lowest BCUT2D eigenvalue weighted by Crippen LogP contribution is -2.30. The highest BCUT2D eigenvalue weighted by atomic mass is 16.6. The van der Waals surface area contributed by atoms with Gasteiger partial charge in [0.2, 0.25) is 0 Å². The van der Waals surface area contributed by atoms with Crippen LogP contribution in [0.25, 0.3) is 0 Å². The van der Waals surface area contributed by atoms with Crippen molar-refractivity contribution in [3.05, 3.63) is 12.2 Å². The van der Waals surface area contributed by atoms with E-state index >= 15 is 0 Å². The third kappa shape index (κ3) is 57.1. The summed E-state index contributed by atoms with van der Waals surface area (Å²) in [5.41, 5.74) is 0. The molecule has 0 aliphatic carbocycles. The van der Waals surface area contributed by atoms with E-state index in [1.54, 1.807) is 0 Å². The lowest BCUT2D eigenvalue weighted by molar-refractivity contribution is -0.167. The van der Waals surface area contributed by atoms with Crippen LogP contribution in [0.3, 0.4) is 0 Å². The van der Waals surface area contributed by atoms with Gasteiger partial charge in [-0.25, -0.2) is 0 Å². The summed E-state index contributed by atoms with van der Waals surface area (Å²) in [5, 5.41) is 0. The van der Waals surface area contributed by atoms with Gasteiger partial charge in [-0.2, -0.15) is 0 Å². The number of hydrogen-bond donors (Lipinski definition) is 0. The van der Waals surface area contributed by atoms with Gasteiger partial charge in [-0.15, -0.1) is 0 Å². The third-order valence-electron chi connectivity index (χ3n) is 14.5. The zero-order valence-electron chi connectivity index (χ0n) is 47.6. The molecule has 1 unspecified atom stereocenters. The number of ether oxygens (including phenoxy) is 3. The highest BCUT2D eigenvalue weighted by Crippen LogP contribution is 2.18. The maximum absolute atomic E-state index is 12.9. The van der Waals surface area contributed by atoms with Crippen molar-refractivity contribution in [3.8, 4) is 0 Å². The molecule has 0 N–H and O–H groups in total. The molecule has 0 saturated carbocycles. The highest BCUT2D eigenvalue weighted by molar-refractivity contribution is 5.71. The van der Waals surface area contributed by atoms with Crippen LogP contribution in [0.2, 0.25) is 0 Å². The van der Waals surface area contributed by atoms with Crippen LogP contribution in [0.5, 0.6) is 0 Å². The first kappa shape index (κ1) is 68.2. The molecule has 0 fully saturated rings. The highest BCUT2D eigenvalue weighted by Gasteiger charge is 2.19. The Bertz CT molecular complexity index is 1090. The van der Waals surface area contributed by atoms with Gasteiger partial charge in [-0.3, -0.25) is 14.4 Å². The maximum Gasteiger partial charge on any atom is 0.306 e. The molecule has 0 spiro atoms. The number of allylic oxidation sites excluding steroid dienone is 2. The summed E-state index contributed by atoms with van der Waals surface area (Å²) in [7, 11) is 0. The number of unbranched alkanes of at least 4 members (excludes halogenated alkanes) is 46. The largest absolute Gasteiger partial charge is 0.462 e. The predicted molar refractivity (Wildman–Crippen MR) is 303 cm³/mol. The summed E-state index contributed by atoms with van der Waals surface area (Å²) >= 11 is 0. The number of esters is 3. The summed E-state index contributed by atoms with van der Waals surface area (Å²) in [6, 6.07) is 0. The van der Waals surface area contributed by atoms with Crippen molar-refractivity contribution in [1.82, 2.24) is 0 Å². The van der Waals surface area contributed by atoms with E-state index in [2.05, 4.69) is 32.9 Å². The number of carbonyl (C=O) groups excluding carboxylic acids is 3. The first-order chi connectivity index (χ1) is 34.5. The van der Waals surface area contributed by atoms with E-state index in [9.17, 15) is 14.4 Å². The smallest absolute Gasteiger partial charge is 0.306 e. The van der Waals surface area contributed by atoms with Crippen LogP contribution < -0.4 is 0 Å². The van der Waals surface area contributed by atoms with Crippen LogP contribution in [0.4, 0.5) is 0 Å². The monoisotopic (exact) mass is 987 g/mol. The molecule has 0 aliphatic rings. The van der Waals surface area contributed by atoms with Crippen LogP contribution in [0.1, 0.15) is 361 Å². The van der Waals surface area contributed by atoms with Crippen molar-refractivity contribution in [2.45, 2.75) is 367 Å². The lowest BCUT2D eigenvalue weighted by Gasteiger charge is -2.18. The second-order valence-electron chi connectivity index (χ2n) is 21.7. The van der Waals surface area contributed by atoms with Gasteiger partial charge in [-0.05, 0) is 44.9 Å². The molecule has 0 aromatic carbocycles. The Morgan fingerprint density at radius 3 is 0.714 bits per heavy atom. The molecule has 414 valence electrons. The van der Waals surface area contributed by atoms with Gasteiger partial charge in [0.05, 0.1) is 0 Å². The Morgan fingerprint density at radius 2 is 0.471 bits per heavy atom. The molecular formula is C64H122O6. The topological polar surface area (TPSA) is 78.9 Å². The molecule has 0 aromatic rings. The van der Waals surface area contributed by atoms with E-state index in [-0.39, 0.29) is 31.1 Å². The van der Waals surface area contributed by atoms with Crippen LogP contribution >= 0.6 is 0 Å². The van der Waals surface area contributed by atoms with Crippen molar-refractivity contribution < 1.29 is 28.6 Å². The second kappa shape index (κ2) is 59.7. The van der Waals surface area contributed by atoms with Crippen molar-refractivity contribution in [2.24, 2.45) is 0 Å². The van der Waals surface area contributed by atoms with Gasteiger partial charge in [0.1, 0.15) is 13.2 Å². The van der Waals surface area contributed by atoms with E-state index in [4.69, 9.17) is 14.2 Å². The molecule has 1 atom stereocenters. The van der Waals surface area contributed by atoms with Gasteiger partial charge in [0, 0.05) is 19.3 Å². The molecule has 0 saturated heterocycles. The molecule has 0 heterocycles. The molecule has 6 heteroatoms. The molecule has 6 nitrogen and oxygen atoms in total. The standard InChI is InChI=1S/C64H122O6/c1-4-7-10-13-16-19-22-25-27-29-31-32-34-35-37-39-42-45-48-51-54-57-63(66)69-60-61(59-68-62(65)56-53-50-47-44-41-24-21-18-15-12-9-6-3)70-64(67)58-55-52-49-46-43-40-38-36-33-30-28-26-23-20-17-14-11-8-5-2/h26,28,61H,4-25,27,29-60H2,1-3H3/b28-26-. The zero-order chi connectivity index (χ0) is 50.7. The summed E-state index contributed by atoms with van der Waals surface area (Å²) in [4.78, 5) is 38.2. The molecule has 0 radical (unpaired) electrons. The van der Waals surface area contributed by atoms with E-state index in [1.807, 2.05) is 0 Å². The first-order valence-electron chi connectivity index (χ1n) is 31.7. The fraction of sp³-hybridized carbons (Fsp3) is 0.922. The fourth-order valence-electron chi connectivity index (χ4n) is 9.74. The average Bonchev–Trinajstić information content (AvgIpc) is 3.36. The summed E-state index contributed by atoms with van der Waals surface area (Å²) in [6.07, 6.45) is 69.3. The predicted octanol–water partition coefficient (Wildman–Crippen LogP) is 21.3. The normalized spacial score (nSPS) is 12.0. The zero-order valence-corrected chi connectivity index (χ0v) is 47.6. The van der Waals surface area contributed by atoms with Crippen LogP contribution in [0.15, 0.2) is 12.2 Å². The van der Waals surface area contributed by atoms with Crippen LogP contribution in [0, 0.1) is 0 Å². The van der Waals surface area contributed by atoms with Gasteiger partial charge < -0.3 is 14.2 Å². The Balaban J connectivity index is 4.24. The second-order valence-corrected chi connectivity index (χ2v) is 21.7. The molecule has 70 heavy (non-hydrogen) atoms. The average molecular weight is 988 g/mol. The van der Waals surface area contributed by atoms with Crippen molar-refractivity contribution in [3.63, 3.8) is 0 Å². The van der Waals surface area contributed by atoms with Gasteiger partial charge in [0.15, 0.2) is 6.10 Å². The molecule has 0 aromatic heterocycles. The minimum Gasteiger partial charge on any atom is -0.462 e. The summed E-state index contributed by atoms with van der Waals surface area (Å²) < 4.78 is 16.9.